The summed E-state index contributed by atoms with van der Waals surface area (Å²) < 4.78 is 0. The van der Waals surface area contributed by atoms with Gasteiger partial charge in [-0.3, -0.25) is 0 Å². The Morgan fingerprint density at radius 3 is 2.83 bits per heavy atom. The normalized spacial score (nSPS) is 17.8. The highest BCUT2D eigenvalue weighted by molar-refractivity contribution is 7.11. The molecule has 2 nitrogen and oxygen atoms in total. The zero-order chi connectivity index (χ0) is 8.39. The van der Waals surface area contributed by atoms with Gasteiger partial charge in [0.2, 0.25) is 0 Å². The summed E-state index contributed by atoms with van der Waals surface area (Å²) in [6.45, 7) is 0. The largest absolute Gasteiger partial charge is 0.144 e. The second-order valence-corrected chi connectivity index (χ2v) is 4.57. The maximum Gasteiger partial charge on any atom is 0.120 e. The molecule has 0 aromatic carbocycles. The number of halogens is 1. The molecule has 0 unspecified atom stereocenters. The molecular formula is C8H11ClN2S. The van der Waals surface area contributed by atoms with E-state index in [4.69, 9.17) is 11.6 Å². The molecule has 0 N–H and O–H groups in total. The van der Waals surface area contributed by atoms with Crippen LogP contribution in [0.15, 0.2) is 0 Å². The molecule has 0 aliphatic heterocycles. The van der Waals surface area contributed by atoms with E-state index >= 15 is 0 Å². The number of nitrogens with zero attached hydrogens (tertiary/aromatic N) is 2. The van der Waals surface area contributed by atoms with Gasteiger partial charge in [0.1, 0.15) is 10.0 Å². The fourth-order valence-electron chi connectivity index (χ4n) is 1.27. The zero-order valence-corrected chi connectivity index (χ0v) is 8.37. The van der Waals surface area contributed by atoms with E-state index in [-0.39, 0.29) is 0 Å². The first-order valence-electron chi connectivity index (χ1n) is 4.28. The lowest BCUT2D eigenvalue weighted by Crippen LogP contribution is -2.07. The maximum atomic E-state index is 5.61. The summed E-state index contributed by atoms with van der Waals surface area (Å²) in [6.07, 6.45) is 4.83. The van der Waals surface area contributed by atoms with Crippen LogP contribution in [0, 0.1) is 0 Å². The SMILES string of the molecule is ClCCc1nnc(C2CCC2)s1. The van der Waals surface area contributed by atoms with Crippen LogP contribution >= 0.6 is 22.9 Å². The van der Waals surface area contributed by atoms with Crippen molar-refractivity contribution in [3.63, 3.8) is 0 Å². The fourth-order valence-corrected chi connectivity index (χ4v) is 2.57. The summed E-state index contributed by atoms with van der Waals surface area (Å²) in [5.41, 5.74) is 0. The van der Waals surface area contributed by atoms with Crippen molar-refractivity contribution in [2.75, 3.05) is 5.88 Å². The van der Waals surface area contributed by atoms with Crippen molar-refractivity contribution in [1.29, 1.82) is 0 Å². The van der Waals surface area contributed by atoms with Gasteiger partial charge >= 0.3 is 0 Å². The Bertz CT molecular complexity index is 257. The molecular weight excluding hydrogens is 192 g/mol. The minimum atomic E-state index is 0.652. The number of hydrogen-bond acceptors (Lipinski definition) is 3. The highest BCUT2D eigenvalue weighted by Gasteiger charge is 2.23. The molecule has 1 heterocycles. The lowest BCUT2D eigenvalue weighted by Gasteiger charge is -2.21. The van der Waals surface area contributed by atoms with Crippen LogP contribution in [0.5, 0.6) is 0 Å². The Balaban J connectivity index is 2.02. The van der Waals surface area contributed by atoms with Gasteiger partial charge < -0.3 is 0 Å². The van der Waals surface area contributed by atoms with Gasteiger partial charge in [0, 0.05) is 18.2 Å². The lowest BCUT2D eigenvalue weighted by atomic mass is 9.86. The smallest absolute Gasteiger partial charge is 0.120 e. The van der Waals surface area contributed by atoms with E-state index in [2.05, 4.69) is 10.2 Å². The van der Waals surface area contributed by atoms with E-state index < -0.39 is 0 Å². The molecule has 1 aromatic rings. The summed E-state index contributed by atoms with van der Waals surface area (Å²) in [5.74, 6) is 1.37. The van der Waals surface area contributed by atoms with Crippen LogP contribution in [0.2, 0.25) is 0 Å². The van der Waals surface area contributed by atoms with Crippen LogP contribution in [0.3, 0.4) is 0 Å². The molecule has 1 fully saturated rings. The first-order chi connectivity index (χ1) is 5.90. The van der Waals surface area contributed by atoms with Gasteiger partial charge in [-0.05, 0) is 12.8 Å². The summed E-state index contributed by atoms with van der Waals surface area (Å²) in [5, 5.41) is 10.6. The first-order valence-corrected chi connectivity index (χ1v) is 5.63. The van der Waals surface area contributed by atoms with Crippen molar-refractivity contribution in [3.8, 4) is 0 Å². The van der Waals surface area contributed by atoms with Crippen LogP contribution in [-0.4, -0.2) is 16.1 Å². The van der Waals surface area contributed by atoms with Crippen molar-refractivity contribution in [1.82, 2.24) is 10.2 Å². The molecule has 0 saturated heterocycles. The molecule has 0 radical (unpaired) electrons. The number of rotatable bonds is 3. The second kappa shape index (κ2) is 3.71. The average Bonchev–Trinajstić information content (AvgIpc) is 2.34. The molecule has 0 atom stereocenters. The van der Waals surface area contributed by atoms with Crippen molar-refractivity contribution >= 4 is 22.9 Å². The van der Waals surface area contributed by atoms with E-state index in [1.54, 1.807) is 11.3 Å². The third kappa shape index (κ3) is 1.62. The van der Waals surface area contributed by atoms with E-state index in [1.807, 2.05) is 0 Å². The van der Waals surface area contributed by atoms with Gasteiger partial charge in [0.25, 0.3) is 0 Å². The lowest BCUT2D eigenvalue weighted by molar-refractivity contribution is 0.416. The van der Waals surface area contributed by atoms with Crippen LogP contribution < -0.4 is 0 Å². The predicted molar refractivity (Wildman–Crippen MR) is 50.9 cm³/mol. The molecule has 1 aliphatic rings. The summed E-state index contributed by atoms with van der Waals surface area (Å²) >= 11 is 7.35. The first kappa shape index (κ1) is 8.45. The number of aryl methyl sites for hydroxylation is 1. The van der Waals surface area contributed by atoms with Gasteiger partial charge in [-0.15, -0.1) is 33.1 Å². The van der Waals surface area contributed by atoms with E-state index in [9.17, 15) is 0 Å². The van der Waals surface area contributed by atoms with Gasteiger partial charge in [0.05, 0.1) is 0 Å². The third-order valence-electron chi connectivity index (χ3n) is 2.25. The van der Waals surface area contributed by atoms with Gasteiger partial charge in [-0.1, -0.05) is 6.42 Å². The monoisotopic (exact) mass is 202 g/mol. The minimum Gasteiger partial charge on any atom is -0.144 e. The zero-order valence-electron chi connectivity index (χ0n) is 6.79. The Morgan fingerprint density at radius 2 is 2.25 bits per heavy atom. The Labute approximate surface area is 81.0 Å². The second-order valence-electron chi connectivity index (χ2n) is 3.10. The standard InChI is InChI=1S/C8H11ClN2S/c9-5-4-7-10-11-8(12-7)6-2-1-3-6/h6H,1-5H2. The van der Waals surface area contributed by atoms with Crippen LogP contribution in [0.4, 0.5) is 0 Å². The van der Waals surface area contributed by atoms with Crippen molar-refractivity contribution < 1.29 is 0 Å². The Kier molecular flexibility index (Phi) is 2.61. The number of hydrogen-bond donors (Lipinski definition) is 0. The van der Waals surface area contributed by atoms with Crippen molar-refractivity contribution in [2.45, 2.75) is 31.6 Å². The highest BCUT2D eigenvalue weighted by atomic mass is 35.5. The summed E-state index contributed by atoms with van der Waals surface area (Å²) in [6, 6.07) is 0. The van der Waals surface area contributed by atoms with Crippen molar-refractivity contribution in [2.24, 2.45) is 0 Å². The molecule has 0 spiro atoms. The molecule has 0 bridgehead atoms. The van der Waals surface area contributed by atoms with Crippen LogP contribution in [0.1, 0.15) is 35.2 Å². The van der Waals surface area contributed by atoms with E-state index in [1.165, 1.54) is 24.3 Å². The molecule has 1 saturated carbocycles. The quantitative estimate of drug-likeness (QED) is 0.705. The molecule has 1 aliphatic carbocycles. The maximum absolute atomic E-state index is 5.61. The highest BCUT2D eigenvalue weighted by Crippen LogP contribution is 2.37. The molecule has 1 aromatic heterocycles. The number of aromatic nitrogens is 2. The Morgan fingerprint density at radius 1 is 1.42 bits per heavy atom. The van der Waals surface area contributed by atoms with E-state index in [0.717, 1.165) is 11.4 Å². The molecule has 0 amide bonds. The summed E-state index contributed by atoms with van der Waals surface area (Å²) in [7, 11) is 0. The van der Waals surface area contributed by atoms with Gasteiger partial charge in [-0.2, -0.15) is 0 Å². The molecule has 4 heteroatoms. The summed E-state index contributed by atoms with van der Waals surface area (Å²) in [4.78, 5) is 0. The van der Waals surface area contributed by atoms with Crippen LogP contribution in [0.25, 0.3) is 0 Å². The van der Waals surface area contributed by atoms with Gasteiger partial charge in [0.15, 0.2) is 0 Å². The Hall–Kier alpha value is -0.150. The third-order valence-corrected chi connectivity index (χ3v) is 3.58. The van der Waals surface area contributed by atoms with Gasteiger partial charge in [-0.25, -0.2) is 0 Å². The average molecular weight is 203 g/mol. The number of alkyl halides is 1. The molecule has 66 valence electrons. The van der Waals surface area contributed by atoms with E-state index in [0.29, 0.717) is 11.8 Å². The van der Waals surface area contributed by atoms with Crippen molar-refractivity contribution in [3.05, 3.63) is 10.0 Å². The molecule has 12 heavy (non-hydrogen) atoms. The fraction of sp³-hybridized carbons (Fsp3) is 0.750. The minimum absolute atomic E-state index is 0.652. The molecule has 2 rings (SSSR count). The predicted octanol–water partition coefficient (Wildman–Crippen LogP) is 2.59. The topological polar surface area (TPSA) is 25.8 Å². The van der Waals surface area contributed by atoms with Crippen LogP contribution in [-0.2, 0) is 6.42 Å².